The molecule has 2 aliphatic heterocycles. The largest absolute Gasteiger partial charge is 0.481 e. The number of carboxylic acids is 1. The predicted octanol–water partition coefficient (Wildman–Crippen LogP) is 2.04. The molecule has 6 nitrogen and oxygen atoms in total. The summed E-state index contributed by atoms with van der Waals surface area (Å²) >= 11 is 0. The van der Waals surface area contributed by atoms with Crippen molar-refractivity contribution >= 4 is 11.9 Å². The lowest BCUT2D eigenvalue weighted by molar-refractivity contribution is -0.149. The fraction of sp³-hybridized carbons (Fsp3) is 0.722. The summed E-state index contributed by atoms with van der Waals surface area (Å²) in [5.41, 5.74) is 0.282. The Morgan fingerprint density at radius 1 is 1.38 bits per heavy atom. The first-order chi connectivity index (χ1) is 11.5. The summed E-state index contributed by atoms with van der Waals surface area (Å²) in [6.07, 6.45) is 7.04. The number of imidazole rings is 1. The third-order valence-electron chi connectivity index (χ3n) is 6.41. The molecular formula is C18H25N3O3. The Labute approximate surface area is 141 Å². The molecule has 2 fully saturated rings. The highest BCUT2D eigenvalue weighted by atomic mass is 16.4. The van der Waals surface area contributed by atoms with Crippen molar-refractivity contribution in [2.24, 2.45) is 11.3 Å². The highest BCUT2D eigenvalue weighted by molar-refractivity contribution is 5.82. The van der Waals surface area contributed by atoms with Crippen LogP contribution in [0.2, 0.25) is 0 Å². The van der Waals surface area contributed by atoms with Gasteiger partial charge >= 0.3 is 5.97 Å². The summed E-state index contributed by atoms with van der Waals surface area (Å²) in [6, 6.07) is 0. The van der Waals surface area contributed by atoms with Crippen molar-refractivity contribution in [3.63, 3.8) is 0 Å². The second kappa shape index (κ2) is 5.60. The number of likely N-dealkylation sites (tertiary alicyclic amines) is 1. The summed E-state index contributed by atoms with van der Waals surface area (Å²) in [4.78, 5) is 30.8. The minimum atomic E-state index is -0.726. The fourth-order valence-electron chi connectivity index (χ4n) is 5.00. The fourth-order valence-corrected chi connectivity index (χ4v) is 5.00. The molecule has 1 aromatic heterocycles. The molecule has 3 heterocycles. The van der Waals surface area contributed by atoms with E-state index < -0.39 is 11.4 Å². The summed E-state index contributed by atoms with van der Waals surface area (Å²) in [5.74, 6) is 0.980. The number of carbonyl (C=O) groups is 2. The number of hydrogen-bond acceptors (Lipinski definition) is 3. The quantitative estimate of drug-likeness (QED) is 0.919. The Kier molecular flexibility index (Phi) is 3.66. The molecular weight excluding hydrogens is 306 g/mol. The summed E-state index contributed by atoms with van der Waals surface area (Å²) in [7, 11) is 0. The number of carboxylic acid groups (broad SMARTS) is 1. The van der Waals surface area contributed by atoms with Gasteiger partial charge in [0.15, 0.2) is 0 Å². The molecule has 0 spiro atoms. The molecule has 0 bridgehead atoms. The molecule has 4 rings (SSSR count). The second-order valence-corrected chi connectivity index (χ2v) is 7.80. The van der Waals surface area contributed by atoms with Gasteiger partial charge < -0.3 is 14.6 Å². The Balaban J connectivity index is 1.49. The lowest BCUT2D eigenvalue weighted by Crippen LogP contribution is -2.37. The molecule has 1 unspecified atom stereocenters. The van der Waals surface area contributed by atoms with Crippen molar-refractivity contribution in [1.29, 1.82) is 0 Å². The summed E-state index contributed by atoms with van der Waals surface area (Å²) in [5, 5.41) is 9.67. The van der Waals surface area contributed by atoms with Gasteiger partial charge in [-0.25, -0.2) is 4.98 Å². The molecule has 24 heavy (non-hydrogen) atoms. The van der Waals surface area contributed by atoms with E-state index in [0.717, 1.165) is 43.7 Å². The lowest BCUT2D eigenvalue weighted by Gasteiger charge is -2.24. The second-order valence-electron chi connectivity index (χ2n) is 7.80. The number of rotatable bonds is 3. The van der Waals surface area contributed by atoms with Gasteiger partial charge in [0, 0.05) is 37.4 Å². The van der Waals surface area contributed by atoms with E-state index in [9.17, 15) is 14.7 Å². The maximum absolute atomic E-state index is 12.8. The van der Waals surface area contributed by atoms with Crippen LogP contribution in [0.3, 0.4) is 0 Å². The SMILES string of the molecule is CC1CCCn2c(CC(=O)N3C[C@@H]4CCC[C@]4(C(=O)O)C3)cnc21. The predicted molar refractivity (Wildman–Crippen MR) is 87.6 cm³/mol. The third-order valence-corrected chi connectivity index (χ3v) is 6.41. The van der Waals surface area contributed by atoms with E-state index in [-0.39, 0.29) is 11.8 Å². The van der Waals surface area contributed by atoms with Crippen LogP contribution in [-0.2, 0) is 22.6 Å². The van der Waals surface area contributed by atoms with E-state index in [1.165, 1.54) is 0 Å². The zero-order valence-corrected chi connectivity index (χ0v) is 14.2. The van der Waals surface area contributed by atoms with Crippen molar-refractivity contribution in [3.8, 4) is 0 Å². The molecule has 3 aliphatic rings. The van der Waals surface area contributed by atoms with Gasteiger partial charge in [0.2, 0.25) is 5.91 Å². The van der Waals surface area contributed by atoms with Gasteiger partial charge in [0.1, 0.15) is 5.82 Å². The van der Waals surface area contributed by atoms with Gasteiger partial charge in [-0.1, -0.05) is 13.3 Å². The van der Waals surface area contributed by atoms with Crippen LogP contribution in [0.15, 0.2) is 6.20 Å². The summed E-state index contributed by atoms with van der Waals surface area (Å²) in [6.45, 7) is 4.09. The minimum absolute atomic E-state index is 0.0472. The van der Waals surface area contributed by atoms with E-state index in [0.29, 0.717) is 31.8 Å². The first-order valence-corrected chi connectivity index (χ1v) is 9.07. The van der Waals surface area contributed by atoms with Crippen molar-refractivity contribution in [2.75, 3.05) is 13.1 Å². The molecule has 6 heteroatoms. The Morgan fingerprint density at radius 2 is 2.21 bits per heavy atom. The average molecular weight is 331 g/mol. The average Bonchev–Trinajstić information content (AvgIpc) is 3.20. The van der Waals surface area contributed by atoms with Crippen LogP contribution in [0.4, 0.5) is 0 Å². The standard InChI is InChI=1S/C18H25N3O3/c1-12-4-3-7-21-14(9-19-16(12)21)8-15(22)20-10-13-5-2-6-18(13,11-20)17(23)24/h9,12-13H,2-8,10-11H2,1H3,(H,23,24)/t12?,13-,18-/m0/s1. The smallest absolute Gasteiger partial charge is 0.311 e. The van der Waals surface area contributed by atoms with E-state index in [1.807, 2.05) is 6.20 Å². The van der Waals surface area contributed by atoms with Crippen molar-refractivity contribution in [1.82, 2.24) is 14.5 Å². The topological polar surface area (TPSA) is 75.4 Å². The normalized spacial score (nSPS) is 31.8. The number of aliphatic carboxylic acids is 1. The molecule has 1 amide bonds. The van der Waals surface area contributed by atoms with Crippen molar-refractivity contribution in [2.45, 2.75) is 57.9 Å². The Morgan fingerprint density at radius 3 is 2.96 bits per heavy atom. The molecule has 1 N–H and O–H groups in total. The van der Waals surface area contributed by atoms with Crippen molar-refractivity contribution < 1.29 is 14.7 Å². The van der Waals surface area contributed by atoms with E-state index in [1.54, 1.807) is 4.90 Å². The van der Waals surface area contributed by atoms with Crippen LogP contribution in [0.25, 0.3) is 0 Å². The number of aromatic nitrogens is 2. The van der Waals surface area contributed by atoms with Crippen LogP contribution >= 0.6 is 0 Å². The highest BCUT2D eigenvalue weighted by Crippen LogP contribution is 2.49. The number of fused-ring (bicyclic) bond motifs is 2. The van der Waals surface area contributed by atoms with E-state index in [4.69, 9.17) is 0 Å². The number of hydrogen-bond donors (Lipinski definition) is 1. The van der Waals surface area contributed by atoms with Gasteiger partial charge in [-0.2, -0.15) is 0 Å². The molecule has 0 aromatic carbocycles. The third kappa shape index (κ3) is 2.26. The van der Waals surface area contributed by atoms with Crippen molar-refractivity contribution in [3.05, 3.63) is 17.7 Å². The Bertz CT molecular complexity index is 683. The molecule has 1 saturated heterocycles. The molecule has 1 saturated carbocycles. The molecule has 3 atom stereocenters. The molecule has 1 aliphatic carbocycles. The van der Waals surface area contributed by atoms with Crippen LogP contribution in [0, 0.1) is 11.3 Å². The number of nitrogens with zero attached hydrogens (tertiary/aromatic N) is 3. The maximum Gasteiger partial charge on any atom is 0.311 e. The van der Waals surface area contributed by atoms with Gasteiger partial charge in [0.25, 0.3) is 0 Å². The van der Waals surface area contributed by atoms with Gasteiger partial charge in [-0.05, 0) is 31.6 Å². The number of carbonyl (C=O) groups excluding carboxylic acids is 1. The first kappa shape index (κ1) is 15.7. The van der Waals surface area contributed by atoms with E-state index in [2.05, 4.69) is 16.5 Å². The zero-order valence-electron chi connectivity index (χ0n) is 14.2. The first-order valence-electron chi connectivity index (χ1n) is 9.07. The van der Waals surface area contributed by atoms with E-state index >= 15 is 0 Å². The van der Waals surface area contributed by atoms with Gasteiger partial charge in [-0.15, -0.1) is 0 Å². The van der Waals surface area contributed by atoms with Crippen LogP contribution in [-0.4, -0.2) is 44.5 Å². The van der Waals surface area contributed by atoms with Gasteiger partial charge in [0.05, 0.1) is 11.8 Å². The van der Waals surface area contributed by atoms with Crippen LogP contribution < -0.4 is 0 Å². The monoisotopic (exact) mass is 331 g/mol. The minimum Gasteiger partial charge on any atom is -0.481 e. The molecule has 1 aromatic rings. The number of amides is 1. The molecule has 0 radical (unpaired) electrons. The summed E-state index contributed by atoms with van der Waals surface area (Å²) < 4.78 is 2.19. The Hall–Kier alpha value is -1.85. The highest BCUT2D eigenvalue weighted by Gasteiger charge is 2.55. The van der Waals surface area contributed by atoms with Gasteiger partial charge in [-0.3, -0.25) is 9.59 Å². The lowest BCUT2D eigenvalue weighted by atomic mass is 9.81. The van der Waals surface area contributed by atoms with Crippen LogP contribution in [0.5, 0.6) is 0 Å². The maximum atomic E-state index is 12.8. The zero-order chi connectivity index (χ0) is 16.9. The van der Waals surface area contributed by atoms with Crippen LogP contribution in [0.1, 0.15) is 56.5 Å². The molecule has 130 valence electrons.